The first-order valence-corrected chi connectivity index (χ1v) is 10.6. The molecular formula is C18H20N4O5S2. The highest BCUT2D eigenvalue weighted by Crippen LogP contribution is 2.21. The van der Waals surface area contributed by atoms with E-state index in [4.69, 9.17) is 17.0 Å². The number of nitro benzene ring substituents is 1. The Labute approximate surface area is 174 Å². The van der Waals surface area contributed by atoms with Crippen molar-refractivity contribution in [1.82, 2.24) is 9.21 Å². The molecule has 2 aromatic rings. The summed E-state index contributed by atoms with van der Waals surface area (Å²) in [5.41, 5.74) is 0.477. The van der Waals surface area contributed by atoms with E-state index in [1.165, 1.54) is 35.7 Å². The van der Waals surface area contributed by atoms with Crippen molar-refractivity contribution in [3.63, 3.8) is 0 Å². The van der Waals surface area contributed by atoms with Crippen LogP contribution in [0.3, 0.4) is 0 Å². The lowest BCUT2D eigenvalue weighted by atomic mass is 10.3. The third kappa shape index (κ3) is 4.81. The summed E-state index contributed by atoms with van der Waals surface area (Å²) in [4.78, 5) is 12.5. The number of methoxy groups -OCH3 is 1. The third-order valence-corrected chi connectivity index (χ3v) is 6.80. The largest absolute Gasteiger partial charge is 0.497 e. The standard InChI is InChI=1S/C18H20N4O5S2/c1-27-16-5-7-17(8-6-16)29(25,26)21-11-9-20(10-12-21)18(28)19-14-3-2-4-15(13-14)22(23)24/h2-8,13H,9-12H2,1H3,(H,19,28). The van der Waals surface area contributed by atoms with Crippen LogP contribution in [0, 0.1) is 10.1 Å². The summed E-state index contributed by atoms with van der Waals surface area (Å²) in [6.07, 6.45) is 0. The lowest BCUT2D eigenvalue weighted by Crippen LogP contribution is -2.51. The average molecular weight is 437 g/mol. The first-order valence-electron chi connectivity index (χ1n) is 8.76. The van der Waals surface area contributed by atoms with Crippen molar-refractivity contribution in [2.75, 3.05) is 38.6 Å². The van der Waals surface area contributed by atoms with Crippen LogP contribution in [0.15, 0.2) is 53.4 Å². The van der Waals surface area contributed by atoms with Crippen LogP contribution >= 0.6 is 12.2 Å². The van der Waals surface area contributed by atoms with Crippen molar-refractivity contribution in [1.29, 1.82) is 0 Å². The maximum atomic E-state index is 12.8. The van der Waals surface area contributed by atoms with Gasteiger partial charge in [-0.15, -0.1) is 0 Å². The summed E-state index contributed by atoms with van der Waals surface area (Å²) in [6.45, 7) is 1.39. The van der Waals surface area contributed by atoms with E-state index in [2.05, 4.69) is 5.32 Å². The minimum Gasteiger partial charge on any atom is -0.497 e. The van der Waals surface area contributed by atoms with E-state index in [9.17, 15) is 18.5 Å². The summed E-state index contributed by atoms with van der Waals surface area (Å²) in [5.74, 6) is 0.589. The molecule has 1 N–H and O–H groups in total. The first-order chi connectivity index (χ1) is 13.8. The molecule has 1 saturated heterocycles. The summed E-state index contributed by atoms with van der Waals surface area (Å²) in [6, 6.07) is 12.3. The molecule has 11 heteroatoms. The number of nitrogens with zero attached hydrogens (tertiary/aromatic N) is 3. The van der Waals surface area contributed by atoms with Gasteiger partial charge in [0.15, 0.2) is 5.11 Å². The second-order valence-electron chi connectivity index (χ2n) is 6.30. The Hall–Kier alpha value is -2.76. The van der Waals surface area contributed by atoms with Gasteiger partial charge in [-0.25, -0.2) is 8.42 Å². The fourth-order valence-electron chi connectivity index (χ4n) is 2.93. The van der Waals surface area contributed by atoms with Gasteiger partial charge in [-0.3, -0.25) is 10.1 Å². The molecule has 1 heterocycles. The van der Waals surface area contributed by atoms with Gasteiger partial charge in [0.2, 0.25) is 10.0 Å². The van der Waals surface area contributed by atoms with Gasteiger partial charge in [0.25, 0.3) is 5.69 Å². The number of nitro groups is 1. The monoisotopic (exact) mass is 436 g/mol. The van der Waals surface area contributed by atoms with E-state index in [-0.39, 0.29) is 23.7 Å². The van der Waals surface area contributed by atoms with Crippen molar-refractivity contribution < 1.29 is 18.1 Å². The first kappa shape index (κ1) is 21.0. The van der Waals surface area contributed by atoms with Crippen LogP contribution in [-0.4, -0.2) is 60.9 Å². The Kier molecular flexibility index (Phi) is 6.30. The second kappa shape index (κ2) is 8.72. The molecule has 0 unspecified atom stereocenters. The van der Waals surface area contributed by atoms with E-state index in [0.29, 0.717) is 29.6 Å². The fraction of sp³-hybridized carbons (Fsp3) is 0.278. The second-order valence-corrected chi connectivity index (χ2v) is 8.63. The molecule has 0 amide bonds. The molecule has 0 spiro atoms. The Morgan fingerprint density at radius 2 is 1.79 bits per heavy atom. The summed E-state index contributed by atoms with van der Waals surface area (Å²) >= 11 is 5.38. The van der Waals surface area contributed by atoms with Gasteiger partial charge in [0, 0.05) is 44.0 Å². The van der Waals surface area contributed by atoms with Crippen LogP contribution < -0.4 is 10.1 Å². The molecule has 0 atom stereocenters. The number of ether oxygens (including phenoxy) is 1. The van der Waals surface area contributed by atoms with Crippen LogP contribution in [0.25, 0.3) is 0 Å². The lowest BCUT2D eigenvalue weighted by Gasteiger charge is -2.35. The predicted molar refractivity (Wildman–Crippen MR) is 113 cm³/mol. The van der Waals surface area contributed by atoms with Crippen LogP contribution in [0.1, 0.15) is 0 Å². The maximum Gasteiger partial charge on any atom is 0.271 e. The van der Waals surface area contributed by atoms with E-state index in [0.717, 1.165) is 0 Å². The van der Waals surface area contributed by atoms with E-state index >= 15 is 0 Å². The maximum absolute atomic E-state index is 12.8. The topological polar surface area (TPSA) is 105 Å². The predicted octanol–water partition coefficient (Wildman–Crippen LogP) is 2.31. The van der Waals surface area contributed by atoms with Crippen LogP contribution in [-0.2, 0) is 10.0 Å². The van der Waals surface area contributed by atoms with Crippen LogP contribution in [0.5, 0.6) is 5.75 Å². The number of thiocarbonyl (C=S) groups is 1. The molecule has 0 saturated carbocycles. The Bertz CT molecular complexity index is 1000. The molecule has 9 nitrogen and oxygen atoms in total. The molecule has 29 heavy (non-hydrogen) atoms. The minimum atomic E-state index is -3.60. The van der Waals surface area contributed by atoms with Crippen molar-refractivity contribution in [2.45, 2.75) is 4.90 Å². The summed E-state index contributed by atoms with van der Waals surface area (Å²) < 4.78 is 32.1. The Morgan fingerprint density at radius 3 is 2.38 bits per heavy atom. The smallest absolute Gasteiger partial charge is 0.271 e. The number of anilines is 1. The van der Waals surface area contributed by atoms with E-state index in [1.54, 1.807) is 24.3 Å². The lowest BCUT2D eigenvalue weighted by molar-refractivity contribution is -0.384. The molecule has 1 aliphatic rings. The average Bonchev–Trinajstić information content (AvgIpc) is 2.74. The summed E-state index contributed by atoms with van der Waals surface area (Å²) in [7, 11) is -2.08. The molecule has 1 fully saturated rings. The number of hydrogen-bond donors (Lipinski definition) is 1. The molecule has 0 aromatic heterocycles. The van der Waals surface area contributed by atoms with Gasteiger partial charge < -0.3 is 15.0 Å². The van der Waals surface area contributed by atoms with Crippen molar-refractivity contribution in [3.05, 3.63) is 58.6 Å². The fourth-order valence-corrected chi connectivity index (χ4v) is 4.65. The highest BCUT2D eigenvalue weighted by molar-refractivity contribution is 7.89. The highest BCUT2D eigenvalue weighted by atomic mass is 32.2. The zero-order valence-electron chi connectivity index (χ0n) is 15.6. The van der Waals surface area contributed by atoms with Gasteiger partial charge in [0.05, 0.1) is 16.9 Å². The SMILES string of the molecule is COc1ccc(S(=O)(=O)N2CCN(C(=S)Nc3cccc([N+](=O)[O-])c3)CC2)cc1. The molecule has 154 valence electrons. The number of benzene rings is 2. The Balaban J connectivity index is 1.61. The molecular weight excluding hydrogens is 416 g/mol. The molecule has 0 radical (unpaired) electrons. The third-order valence-electron chi connectivity index (χ3n) is 4.53. The summed E-state index contributed by atoms with van der Waals surface area (Å²) in [5, 5.41) is 14.3. The molecule has 2 aromatic carbocycles. The minimum absolute atomic E-state index is 0.0341. The van der Waals surface area contributed by atoms with Gasteiger partial charge in [-0.2, -0.15) is 4.31 Å². The zero-order chi connectivity index (χ0) is 21.0. The Morgan fingerprint density at radius 1 is 1.14 bits per heavy atom. The zero-order valence-corrected chi connectivity index (χ0v) is 17.3. The number of non-ortho nitro benzene ring substituents is 1. The van der Waals surface area contributed by atoms with Crippen molar-refractivity contribution >= 4 is 38.7 Å². The molecule has 1 aliphatic heterocycles. The van der Waals surface area contributed by atoms with Crippen molar-refractivity contribution in [2.24, 2.45) is 0 Å². The van der Waals surface area contributed by atoms with Crippen LogP contribution in [0.2, 0.25) is 0 Å². The quantitative estimate of drug-likeness (QED) is 0.433. The highest BCUT2D eigenvalue weighted by Gasteiger charge is 2.29. The van der Waals surface area contributed by atoms with Gasteiger partial charge in [0.1, 0.15) is 5.75 Å². The number of piperazine rings is 1. The molecule has 3 rings (SSSR count). The van der Waals surface area contributed by atoms with Crippen molar-refractivity contribution in [3.8, 4) is 5.75 Å². The number of sulfonamides is 1. The normalized spacial score (nSPS) is 15.0. The molecule has 0 bridgehead atoms. The number of rotatable bonds is 5. The number of nitrogens with one attached hydrogen (secondary N) is 1. The number of hydrogen-bond acceptors (Lipinski definition) is 6. The van der Waals surface area contributed by atoms with Gasteiger partial charge in [-0.05, 0) is 42.5 Å². The van der Waals surface area contributed by atoms with Crippen LogP contribution in [0.4, 0.5) is 11.4 Å². The van der Waals surface area contributed by atoms with Gasteiger partial charge in [-0.1, -0.05) is 6.07 Å². The van der Waals surface area contributed by atoms with E-state index in [1.807, 2.05) is 4.90 Å². The molecule has 0 aliphatic carbocycles. The van der Waals surface area contributed by atoms with E-state index < -0.39 is 14.9 Å². The van der Waals surface area contributed by atoms with Gasteiger partial charge >= 0.3 is 0 Å².